The number of allylic oxidation sites excluding steroid dienone is 1. The first-order valence-electron chi connectivity index (χ1n) is 10.0. The van der Waals surface area contributed by atoms with Crippen LogP contribution in [0, 0.1) is 11.3 Å². The van der Waals surface area contributed by atoms with Crippen LogP contribution in [0.3, 0.4) is 0 Å². The van der Waals surface area contributed by atoms with Gasteiger partial charge in [0.2, 0.25) is 0 Å². The highest BCUT2D eigenvalue weighted by Crippen LogP contribution is 2.28. The number of ether oxygens (including phenoxy) is 1. The fraction of sp³-hybridized carbons (Fsp3) is 0.318. The third kappa shape index (κ3) is 4.21. The Morgan fingerprint density at radius 1 is 1.40 bits per heavy atom. The van der Waals surface area contributed by atoms with Crippen LogP contribution in [-0.4, -0.2) is 33.7 Å². The summed E-state index contributed by atoms with van der Waals surface area (Å²) in [4.78, 5) is 4.29. The van der Waals surface area contributed by atoms with Crippen molar-refractivity contribution in [3.8, 4) is 11.8 Å². The molecular formula is C22H25N7O. The zero-order chi connectivity index (χ0) is 20.9. The number of nitrogens with one attached hydrogen (secondary N) is 2. The topological polar surface area (TPSA) is 113 Å². The fourth-order valence-electron chi connectivity index (χ4n) is 3.63. The lowest BCUT2D eigenvalue weighted by Crippen LogP contribution is -2.39. The molecule has 1 fully saturated rings. The average molecular weight is 403 g/mol. The molecule has 154 valence electrons. The molecule has 30 heavy (non-hydrogen) atoms. The largest absolute Gasteiger partial charge is 0.485 e. The van der Waals surface area contributed by atoms with Gasteiger partial charge in [-0.05, 0) is 51.1 Å². The first-order valence-corrected chi connectivity index (χ1v) is 10.0. The maximum absolute atomic E-state index is 9.46. The van der Waals surface area contributed by atoms with Crippen LogP contribution in [0.4, 0.5) is 0 Å². The van der Waals surface area contributed by atoms with Crippen molar-refractivity contribution in [3.63, 3.8) is 0 Å². The Hall–Kier alpha value is -3.57. The third-order valence-corrected chi connectivity index (χ3v) is 5.27. The number of nitrogens with two attached hydrogens (primary N) is 1. The number of fused-ring (bicyclic) bond motifs is 1. The molecule has 0 unspecified atom stereocenters. The van der Waals surface area contributed by atoms with Crippen LogP contribution < -0.4 is 21.1 Å². The molecule has 0 saturated carbocycles. The van der Waals surface area contributed by atoms with E-state index in [9.17, 15) is 5.26 Å². The number of hydrogen-bond acceptors (Lipinski definition) is 7. The van der Waals surface area contributed by atoms with E-state index in [1.165, 1.54) is 6.20 Å². The molecule has 3 aromatic rings. The summed E-state index contributed by atoms with van der Waals surface area (Å²) >= 11 is 0. The Balaban J connectivity index is 1.66. The molecule has 0 bridgehead atoms. The lowest BCUT2D eigenvalue weighted by atomic mass is 10.1. The molecule has 0 spiro atoms. The Bertz CT molecular complexity index is 1090. The number of rotatable bonds is 6. The monoisotopic (exact) mass is 403 g/mol. The van der Waals surface area contributed by atoms with Crippen molar-refractivity contribution in [1.29, 1.82) is 5.26 Å². The maximum Gasteiger partial charge on any atom is 0.147 e. The zero-order valence-electron chi connectivity index (χ0n) is 16.9. The van der Waals surface area contributed by atoms with E-state index in [0.717, 1.165) is 42.9 Å². The molecule has 3 aromatic heterocycles. The van der Waals surface area contributed by atoms with Crippen molar-refractivity contribution in [2.24, 2.45) is 5.73 Å². The van der Waals surface area contributed by atoms with Crippen LogP contribution in [0.15, 0.2) is 48.6 Å². The van der Waals surface area contributed by atoms with E-state index >= 15 is 0 Å². The van der Waals surface area contributed by atoms with Crippen LogP contribution in [0.25, 0.3) is 11.2 Å². The molecule has 8 nitrogen and oxygen atoms in total. The second-order valence-corrected chi connectivity index (χ2v) is 7.37. The van der Waals surface area contributed by atoms with Gasteiger partial charge in [0.05, 0.1) is 17.6 Å². The second kappa shape index (κ2) is 8.84. The van der Waals surface area contributed by atoms with Crippen molar-refractivity contribution in [1.82, 2.24) is 25.2 Å². The molecular weight excluding hydrogens is 378 g/mol. The van der Waals surface area contributed by atoms with Gasteiger partial charge in [-0.25, -0.2) is 4.52 Å². The van der Waals surface area contributed by atoms with Gasteiger partial charge in [0.25, 0.3) is 0 Å². The number of nitriles is 1. The number of piperidine rings is 1. The third-order valence-electron chi connectivity index (χ3n) is 5.27. The van der Waals surface area contributed by atoms with Gasteiger partial charge < -0.3 is 21.1 Å². The van der Waals surface area contributed by atoms with Gasteiger partial charge in [-0.1, -0.05) is 6.07 Å². The van der Waals surface area contributed by atoms with Crippen LogP contribution in [0.2, 0.25) is 0 Å². The summed E-state index contributed by atoms with van der Waals surface area (Å²) in [7, 11) is 0. The zero-order valence-corrected chi connectivity index (χ0v) is 16.9. The molecule has 1 saturated heterocycles. The van der Waals surface area contributed by atoms with Gasteiger partial charge >= 0.3 is 0 Å². The highest BCUT2D eigenvalue weighted by atomic mass is 16.5. The Morgan fingerprint density at radius 2 is 2.23 bits per heavy atom. The number of pyridine rings is 2. The van der Waals surface area contributed by atoms with E-state index in [0.29, 0.717) is 28.6 Å². The summed E-state index contributed by atoms with van der Waals surface area (Å²) in [5, 5.41) is 20.7. The molecule has 0 amide bonds. The molecule has 0 atom stereocenters. The highest BCUT2D eigenvalue weighted by Gasteiger charge is 2.17. The highest BCUT2D eigenvalue weighted by molar-refractivity contribution is 5.74. The second-order valence-electron chi connectivity index (χ2n) is 7.37. The summed E-state index contributed by atoms with van der Waals surface area (Å²) in [6.07, 6.45) is 7.21. The predicted octanol–water partition coefficient (Wildman–Crippen LogP) is 2.17. The first-order chi connectivity index (χ1) is 14.7. The molecule has 1 aliphatic rings. The summed E-state index contributed by atoms with van der Waals surface area (Å²) in [6, 6.07) is 10.1. The summed E-state index contributed by atoms with van der Waals surface area (Å²) < 4.78 is 7.69. The van der Waals surface area contributed by atoms with E-state index in [1.807, 2.05) is 37.4 Å². The fourth-order valence-corrected chi connectivity index (χ4v) is 3.63. The maximum atomic E-state index is 9.46. The van der Waals surface area contributed by atoms with Crippen LogP contribution in [0.1, 0.15) is 36.6 Å². The number of hydrogen-bond donors (Lipinski definition) is 3. The first kappa shape index (κ1) is 19.7. The molecule has 0 aromatic carbocycles. The van der Waals surface area contributed by atoms with Crippen LogP contribution >= 0.6 is 0 Å². The predicted molar refractivity (Wildman–Crippen MR) is 114 cm³/mol. The molecule has 8 heteroatoms. The number of nitrogens with zero attached hydrogens (tertiary/aromatic N) is 4. The Kier molecular flexibility index (Phi) is 5.82. The lowest BCUT2D eigenvalue weighted by molar-refractivity contribution is 0.303. The van der Waals surface area contributed by atoms with Crippen LogP contribution in [0.5, 0.6) is 5.75 Å². The van der Waals surface area contributed by atoms with E-state index in [4.69, 9.17) is 10.5 Å². The normalized spacial score (nSPS) is 15.5. The van der Waals surface area contributed by atoms with E-state index in [-0.39, 0.29) is 6.61 Å². The minimum absolute atomic E-state index is 0.284. The molecule has 1 aliphatic heterocycles. The van der Waals surface area contributed by atoms with Gasteiger partial charge in [0, 0.05) is 29.7 Å². The minimum Gasteiger partial charge on any atom is -0.485 e. The van der Waals surface area contributed by atoms with Crippen molar-refractivity contribution in [2.75, 3.05) is 13.1 Å². The van der Waals surface area contributed by atoms with E-state index < -0.39 is 0 Å². The Morgan fingerprint density at radius 3 is 2.97 bits per heavy atom. The molecule has 4 N–H and O–H groups in total. The molecule has 4 heterocycles. The van der Waals surface area contributed by atoms with Crippen molar-refractivity contribution in [3.05, 3.63) is 65.4 Å². The van der Waals surface area contributed by atoms with Gasteiger partial charge in [-0.15, -0.1) is 0 Å². The van der Waals surface area contributed by atoms with Crippen molar-refractivity contribution >= 4 is 11.2 Å². The quantitative estimate of drug-likeness (QED) is 0.578. The van der Waals surface area contributed by atoms with Gasteiger partial charge in [-0.2, -0.15) is 10.4 Å². The molecule has 0 aliphatic carbocycles. The summed E-state index contributed by atoms with van der Waals surface area (Å²) in [5.74, 6) is 0.546. The van der Waals surface area contributed by atoms with Gasteiger partial charge in [-0.3, -0.25) is 4.98 Å². The Labute approximate surface area is 175 Å². The molecule has 4 rings (SSSR count). The summed E-state index contributed by atoms with van der Waals surface area (Å²) in [5.41, 5.74) is 10.7. The van der Waals surface area contributed by atoms with Crippen LogP contribution in [-0.2, 0) is 6.61 Å². The average Bonchev–Trinajstić information content (AvgIpc) is 3.21. The van der Waals surface area contributed by atoms with E-state index in [1.54, 1.807) is 10.7 Å². The van der Waals surface area contributed by atoms with Gasteiger partial charge in [0.1, 0.15) is 29.5 Å². The number of aromatic nitrogens is 3. The van der Waals surface area contributed by atoms with Crippen molar-refractivity contribution < 1.29 is 4.74 Å². The van der Waals surface area contributed by atoms with Crippen molar-refractivity contribution in [2.45, 2.75) is 32.4 Å². The standard InChI is InChI=1S/C22H25N7O/c1-15(28-18-5-8-25-9-6-18)21(24)16-10-20(30-14-19-4-2-3-7-26-19)22-17(11-23)12-27-29(22)13-16/h2-4,7,10,12-13,18,25,28H,5-6,8-9,14,24H2,1H3/b21-15-. The SMILES string of the molecule is C/C(NC1CCNCC1)=C(/N)c1cc(OCc2ccccn2)c2c(C#N)cnn2c1. The minimum atomic E-state index is 0.284. The van der Waals surface area contributed by atoms with E-state index in [2.05, 4.69) is 26.8 Å². The summed E-state index contributed by atoms with van der Waals surface area (Å²) in [6.45, 7) is 4.28. The van der Waals surface area contributed by atoms with Gasteiger partial charge in [0.15, 0.2) is 0 Å². The smallest absolute Gasteiger partial charge is 0.147 e. The lowest BCUT2D eigenvalue weighted by Gasteiger charge is -2.25. The molecule has 0 radical (unpaired) electrons.